The van der Waals surface area contributed by atoms with Crippen LogP contribution in [0.25, 0.3) is 0 Å². The first-order valence-corrected chi connectivity index (χ1v) is 5.22. The summed E-state index contributed by atoms with van der Waals surface area (Å²) < 4.78 is -0.0145. The fraction of sp³-hybridized carbons (Fsp3) is 0.889. The normalized spacial score (nSPS) is 47.2. The van der Waals surface area contributed by atoms with Gasteiger partial charge < -0.3 is 5.21 Å². The molecule has 2 nitrogen and oxygen atoms in total. The summed E-state index contributed by atoms with van der Waals surface area (Å²) in [7, 11) is 0. The molecule has 68 valence electrons. The van der Waals surface area contributed by atoms with Crippen LogP contribution in [-0.4, -0.2) is 15.2 Å². The third-order valence-corrected chi connectivity index (χ3v) is 5.77. The van der Waals surface area contributed by atoms with Gasteiger partial charge in [-0.15, -0.1) is 0 Å². The quantitative estimate of drug-likeness (QED) is 0.388. The Hall–Kier alpha value is -0.0500. The van der Waals surface area contributed by atoms with Crippen LogP contribution in [-0.2, 0) is 0 Å². The van der Waals surface area contributed by atoms with Gasteiger partial charge in [0.15, 0.2) is 0 Å². The Labute approximate surface area is 81.2 Å². The van der Waals surface area contributed by atoms with Crippen LogP contribution in [0.3, 0.4) is 0 Å². The van der Waals surface area contributed by atoms with Crippen LogP contribution in [0.5, 0.6) is 0 Å². The van der Waals surface area contributed by atoms with Gasteiger partial charge in [-0.3, -0.25) is 0 Å². The van der Waals surface area contributed by atoms with Gasteiger partial charge in [0.25, 0.3) is 0 Å². The zero-order valence-corrected chi connectivity index (χ0v) is 9.06. The SMILES string of the molecule is CC1(C)[C@@H]2CC[C@]1(Br)/C(=N/O)C2. The molecule has 2 saturated carbocycles. The van der Waals surface area contributed by atoms with E-state index in [1.807, 2.05) is 0 Å². The molecule has 0 aliphatic heterocycles. The first-order valence-electron chi connectivity index (χ1n) is 4.42. The molecule has 12 heavy (non-hydrogen) atoms. The predicted octanol–water partition coefficient (Wildman–Crippen LogP) is 2.79. The molecule has 2 bridgehead atoms. The van der Waals surface area contributed by atoms with E-state index in [0.29, 0.717) is 5.92 Å². The molecule has 0 radical (unpaired) electrons. The maximum Gasteiger partial charge on any atom is 0.0746 e. The van der Waals surface area contributed by atoms with Crippen molar-refractivity contribution in [2.45, 2.75) is 37.4 Å². The number of oxime groups is 1. The molecule has 2 atom stereocenters. The van der Waals surface area contributed by atoms with E-state index in [4.69, 9.17) is 5.21 Å². The van der Waals surface area contributed by atoms with Crippen molar-refractivity contribution in [1.29, 1.82) is 0 Å². The lowest BCUT2D eigenvalue weighted by Gasteiger charge is -2.31. The van der Waals surface area contributed by atoms with Crippen molar-refractivity contribution in [2.24, 2.45) is 16.5 Å². The molecule has 0 spiro atoms. The van der Waals surface area contributed by atoms with Gasteiger partial charge in [0.05, 0.1) is 10.0 Å². The minimum absolute atomic E-state index is 0.0145. The van der Waals surface area contributed by atoms with Crippen LogP contribution in [0.4, 0.5) is 0 Å². The lowest BCUT2D eigenvalue weighted by molar-refractivity contribution is 0.288. The van der Waals surface area contributed by atoms with Crippen LogP contribution in [0.2, 0.25) is 0 Å². The highest BCUT2D eigenvalue weighted by atomic mass is 79.9. The molecule has 0 aromatic carbocycles. The largest absolute Gasteiger partial charge is 0.411 e. The fourth-order valence-corrected chi connectivity index (χ4v) is 3.56. The van der Waals surface area contributed by atoms with Crippen LogP contribution in [0, 0.1) is 11.3 Å². The number of fused-ring (bicyclic) bond motifs is 2. The molecule has 1 N–H and O–H groups in total. The molecule has 2 rings (SSSR count). The Morgan fingerprint density at radius 1 is 1.58 bits per heavy atom. The Bertz CT molecular complexity index is 249. The zero-order valence-electron chi connectivity index (χ0n) is 7.47. The van der Waals surface area contributed by atoms with E-state index in [1.165, 1.54) is 6.42 Å². The van der Waals surface area contributed by atoms with E-state index >= 15 is 0 Å². The zero-order chi connectivity index (χ0) is 8.98. The van der Waals surface area contributed by atoms with E-state index in [-0.39, 0.29) is 9.74 Å². The molecule has 0 aromatic rings. The third-order valence-electron chi connectivity index (χ3n) is 3.90. The summed E-state index contributed by atoms with van der Waals surface area (Å²) in [6.07, 6.45) is 3.34. The van der Waals surface area contributed by atoms with E-state index in [0.717, 1.165) is 18.6 Å². The maximum absolute atomic E-state index is 8.84. The van der Waals surface area contributed by atoms with Crippen LogP contribution in [0.1, 0.15) is 33.1 Å². The molecule has 3 heteroatoms. The van der Waals surface area contributed by atoms with Gasteiger partial charge >= 0.3 is 0 Å². The van der Waals surface area contributed by atoms with E-state index < -0.39 is 0 Å². The highest BCUT2D eigenvalue weighted by molar-refractivity contribution is 9.10. The second-order valence-electron chi connectivity index (χ2n) is 4.51. The minimum atomic E-state index is -0.0145. The summed E-state index contributed by atoms with van der Waals surface area (Å²) >= 11 is 3.74. The lowest BCUT2D eigenvalue weighted by Crippen LogP contribution is -2.36. The molecular formula is C9H14BrNO. The molecule has 0 aromatic heterocycles. The molecule has 0 saturated heterocycles. The van der Waals surface area contributed by atoms with Gasteiger partial charge in [-0.25, -0.2) is 0 Å². The van der Waals surface area contributed by atoms with Gasteiger partial charge in [0.1, 0.15) is 0 Å². The van der Waals surface area contributed by atoms with Gasteiger partial charge in [-0.05, 0) is 30.6 Å². The standard InChI is InChI=1S/C9H14BrNO/c1-8(2)6-3-4-9(8,10)7(5-6)11-12/h6,12H,3-5H2,1-2H3/b11-7+/t6-,9+/m1/s1. The number of nitrogens with zero attached hydrogens (tertiary/aromatic N) is 1. The van der Waals surface area contributed by atoms with E-state index in [9.17, 15) is 0 Å². The van der Waals surface area contributed by atoms with Crippen molar-refractivity contribution >= 4 is 21.6 Å². The van der Waals surface area contributed by atoms with Crippen LogP contribution >= 0.6 is 15.9 Å². The average Bonchev–Trinajstić information content (AvgIpc) is 2.34. The Kier molecular flexibility index (Phi) is 1.60. The predicted molar refractivity (Wildman–Crippen MR) is 52.0 cm³/mol. The van der Waals surface area contributed by atoms with Gasteiger partial charge in [0, 0.05) is 0 Å². The highest BCUT2D eigenvalue weighted by Crippen LogP contribution is 2.62. The highest BCUT2D eigenvalue weighted by Gasteiger charge is 2.61. The first-order chi connectivity index (χ1) is 5.52. The van der Waals surface area contributed by atoms with Crippen molar-refractivity contribution in [3.63, 3.8) is 0 Å². The number of halogens is 1. The number of alkyl halides is 1. The Morgan fingerprint density at radius 2 is 2.25 bits per heavy atom. The summed E-state index contributed by atoms with van der Waals surface area (Å²) in [6.45, 7) is 4.52. The van der Waals surface area contributed by atoms with Crippen molar-refractivity contribution in [1.82, 2.24) is 0 Å². The lowest BCUT2D eigenvalue weighted by atomic mass is 9.82. The maximum atomic E-state index is 8.84. The summed E-state index contributed by atoms with van der Waals surface area (Å²) in [5.74, 6) is 0.697. The van der Waals surface area contributed by atoms with Crippen LogP contribution in [0.15, 0.2) is 5.16 Å². The molecule has 0 unspecified atom stereocenters. The van der Waals surface area contributed by atoms with Crippen LogP contribution < -0.4 is 0 Å². The molecule has 2 aliphatic rings. The van der Waals surface area contributed by atoms with Crippen molar-refractivity contribution in [3.8, 4) is 0 Å². The third kappa shape index (κ3) is 0.734. The fourth-order valence-electron chi connectivity index (χ4n) is 2.77. The summed E-state index contributed by atoms with van der Waals surface area (Å²) in [6, 6.07) is 0. The number of hydrogen-bond donors (Lipinski definition) is 1. The van der Waals surface area contributed by atoms with Gasteiger partial charge in [-0.1, -0.05) is 34.9 Å². The van der Waals surface area contributed by atoms with Crippen molar-refractivity contribution in [3.05, 3.63) is 0 Å². The molecule has 2 fully saturated rings. The average molecular weight is 232 g/mol. The monoisotopic (exact) mass is 231 g/mol. The Morgan fingerprint density at radius 3 is 2.50 bits per heavy atom. The molecular weight excluding hydrogens is 218 g/mol. The smallest absolute Gasteiger partial charge is 0.0746 e. The van der Waals surface area contributed by atoms with Gasteiger partial charge in [-0.2, -0.15) is 0 Å². The topological polar surface area (TPSA) is 32.6 Å². The second kappa shape index (κ2) is 2.25. The molecule has 0 heterocycles. The van der Waals surface area contributed by atoms with Gasteiger partial charge in [0.2, 0.25) is 0 Å². The summed E-state index contributed by atoms with van der Waals surface area (Å²) in [4.78, 5) is 0. The van der Waals surface area contributed by atoms with Crippen molar-refractivity contribution in [2.75, 3.05) is 0 Å². The Balaban J connectivity index is 2.46. The van der Waals surface area contributed by atoms with Crippen molar-refractivity contribution < 1.29 is 5.21 Å². The second-order valence-corrected chi connectivity index (χ2v) is 5.86. The number of hydrogen-bond acceptors (Lipinski definition) is 2. The molecule has 0 amide bonds. The van der Waals surface area contributed by atoms with E-state index in [1.54, 1.807) is 0 Å². The summed E-state index contributed by atoms with van der Waals surface area (Å²) in [5, 5.41) is 12.3. The van der Waals surface area contributed by atoms with E-state index in [2.05, 4.69) is 34.9 Å². The summed E-state index contributed by atoms with van der Waals surface area (Å²) in [5.41, 5.74) is 1.21. The minimum Gasteiger partial charge on any atom is -0.411 e. The number of rotatable bonds is 0. The molecule has 2 aliphatic carbocycles. The first kappa shape index (κ1) is 8.54.